The predicted octanol–water partition coefficient (Wildman–Crippen LogP) is 5.50. The van der Waals surface area contributed by atoms with Gasteiger partial charge in [-0.3, -0.25) is 4.98 Å². The molecule has 2 heterocycles. The van der Waals surface area contributed by atoms with Gasteiger partial charge in [0.1, 0.15) is 10.9 Å². The van der Waals surface area contributed by atoms with Crippen molar-refractivity contribution in [3.8, 4) is 11.1 Å². The molecule has 4 rings (SSSR count). The van der Waals surface area contributed by atoms with E-state index in [9.17, 15) is 21.6 Å². The van der Waals surface area contributed by atoms with Crippen LogP contribution in [-0.2, 0) is 16.6 Å². The molecule has 1 unspecified atom stereocenters. The van der Waals surface area contributed by atoms with Crippen molar-refractivity contribution < 1.29 is 21.6 Å². The first-order chi connectivity index (χ1) is 16.0. The van der Waals surface area contributed by atoms with Crippen molar-refractivity contribution in [2.45, 2.75) is 23.7 Å². The maximum Gasteiger partial charge on any atom is 0.406 e. The smallest absolute Gasteiger partial charge is 0.398 e. The van der Waals surface area contributed by atoms with Crippen LogP contribution in [0.2, 0.25) is 10.0 Å². The number of aromatic nitrogens is 2. The number of hydrogen-bond donors (Lipinski definition) is 2. The summed E-state index contributed by atoms with van der Waals surface area (Å²) in [6.07, 6.45) is -0.189. The quantitative estimate of drug-likeness (QED) is 0.323. The fourth-order valence-corrected chi connectivity index (χ4v) is 5.86. The number of hydrogen-bond acceptors (Lipinski definition) is 4. The highest BCUT2D eigenvalue weighted by Gasteiger charge is 2.43. The van der Waals surface area contributed by atoms with Crippen molar-refractivity contribution in [1.82, 2.24) is 14.3 Å². The molecule has 0 saturated carbocycles. The molecule has 0 aliphatic rings. The van der Waals surface area contributed by atoms with E-state index in [0.29, 0.717) is 22.0 Å². The molecule has 0 amide bonds. The Morgan fingerprint density at radius 2 is 1.85 bits per heavy atom. The van der Waals surface area contributed by atoms with Crippen LogP contribution in [-0.4, -0.2) is 30.2 Å². The molecule has 1 atom stereocenters. The summed E-state index contributed by atoms with van der Waals surface area (Å²) in [5.41, 5.74) is 7.22. The lowest BCUT2D eigenvalue weighted by atomic mass is 10.1. The number of nitrogens with one attached hydrogen (secondary N) is 1. The Kier molecular flexibility index (Phi) is 6.52. The second-order valence-electron chi connectivity index (χ2n) is 7.48. The molecule has 0 fully saturated rings. The molecular weight excluding hydrogens is 512 g/mol. The van der Waals surface area contributed by atoms with Gasteiger partial charge in [0.15, 0.2) is 0 Å². The summed E-state index contributed by atoms with van der Waals surface area (Å²) in [5, 5.41) is 0.364. The molecule has 34 heavy (non-hydrogen) atoms. The molecule has 2 aromatic heterocycles. The van der Waals surface area contributed by atoms with Gasteiger partial charge < -0.3 is 10.3 Å². The van der Waals surface area contributed by atoms with E-state index in [0.717, 1.165) is 12.1 Å². The van der Waals surface area contributed by atoms with E-state index in [2.05, 4.69) is 4.98 Å². The highest BCUT2D eigenvalue weighted by atomic mass is 35.5. The highest BCUT2D eigenvalue weighted by Crippen LogP contribution is 2.34. The van der Waals surface area contributed by atoms with E-state index >= 15 is 0 Å². The number of pyridine rings is 1. The van der Waals surface area contributed by atoms with Gasteiger partial charge in [0.05, 0.1) is 10.7 Å². The second-order valence-corrected chi connectivity index (χ2v) is 9.97. The fourth-order valence-electron chi connectivity index (χ4n) is 3.66. The third kappa shape index (κ3) is 4.85. The van der Waals surface area contributed by atoms with Crippen molar-refractivity contribution >= 4 is 49.8 Å². The topological polar surface area (TPSA) is 90.0 Å². The Hall–Kier alpha value is -2.79. The van der Waals surface area contributed by atoms with E-state index in [1.165, 1.54) is 4.57 Å². The molecule has 0 bridgehead atoms. The lowest BCUT2D eigenvalue weighted by Crippen LogP contribution is -2.48. The Bertz CT molecular complexity index is 1440. The molecule has 0 aliphatic carbocycles. The summed E-state index contributed by atoms with van der Waals surface area (Å²) >= 11 is 11.7. The number of fused-ring (bicyclic) bond motifs is 1. The van der Waals surface area contributed by atoms with Crippen LogP contribution < -0.4 is 10.5 Å². The van der Waals surface area contributed by atoms with Crippen molar-refractivity contribution in [3.63, 3.8) is 0 Å². The third-order valence-electron chi connectivity index (χ3n) is 5.14. The average Bonchev–Trinajstić information content (AvgIpc) is 3.11. The van der Waals surface area contributed by atoms with Crippen LogP contribution in [0.25, 0.3) is 22.0 Å². The van der Waals surface area contributed by atoms with Gasteiger partial charge in [-0.2, -0.15) is 17.9 Å². The zero-order chi connectivity index (χ0) is 24.7. The van der Waals surface area contributed by atoms with Gasteiger partial charge in [-0.05, 0) is 24.3 Å². The van der Waals surface area contributed by atoms with Crippen molar-refractivity contribution in [3.05, 3.63) is 77.2 Å². The van der Waals surface area contributed by atoms with E-state index in [1.54, 1.807) is 59.7 Å². The van der Waals surface area contributed by atoms with Crippen LogP contribution in [0.1, 0.15) is 0 Å². The molecule has 0 aliphatic heterocycles. The van der Waals surface area contributed by atoms with Crippen molar-refractivity contribution in [2.75, 3.05) is 5.73 Å². The first-order valence-electron chi connectivity index (χ1n) is 9.79. The van der Waals surface area contributed by atoms with Gasteiger partial charge >= 0.3 is 6.18 Å². The fraction of sp³-hybridized carbons (Fsp3) is 0.136. The molecule has 0 radical (unpaired) electrons. The van der Waals surface area contributed by atoms with E-state index in [1.807, 2.05) is 0 Å². The van der Waals surface area contributed by atoms with Crippen LogP contribution in [0.15, 0.2) is 72.0 Å². The zero-order valence-corrected chi connectivity index (χ0v) is 19.6. The number of sulfonamides is 1. The molecule has 178 valence electrons. The van der Waals surface area contributed by atoms with Crippen LogP contribution in [0.3, 0.4) is 0 Å². The van der Waals surface area contributed by atoms with Crippen LogP contribution in [0, 0.1) is 0 Å². The van der Waals surface area contributed by atoms with Gasteiger partial charge in [-0.15, -0.1) is 0 Å². The lowest BCUT2D eigenvalue weighted by Gasteiger charge is -2.23. The molecular formula is C22H17Cl2F3N4O2S. The molecule has 12 heteroatoms. The summed E-state index contributed by atoms with van der Waals surface area (Å²) in [4.78, 5) is 3.40. The number of nitrogen functional groups attached to an aromatic ring is 1. The lowest BCUT2D eigenvalue weighted by molar-refractivity contribution is -0.154. The summed E-state index contributed by atoms with van der Waals surface area (Å²) in [5.74, 6) is 0. The first kappa shape index (κ1) is 24.3. The summed E-state index contributed by atoms with van der Waals surface area (Å²) in [6, 6.07) is 10.1. The molecule has 4 aromatic rings. The number of nitrogens with two attached hydrogens (primary N) is 1. The normalized spacial score (nSPS) is 13.3. The third-order valence-corrected chi connectivity index (χ3v) is 7.36. The number of rotatable bonds is 6. The van der Waals surface area contributed by atoms with Crippen molar-refractivity contribution in [1.29, 1.82) is 0 Å². The molecule has 6 nitrogen and oxygen atoms in total. The zero-order valence-electron chi connectivity index (χ0n) is 17.2. The Morgan fingerprint density at radius 1 is 1.12 bits per heavy atom. The van der Waals surface area contributed by atoms with Gasteiger partial charge in [-0.1, -0.05) is 47.5 Å². The molecule has 2 aromatic carbocycles. The van der Waals surface area contributed by atoms with E-state index in [4.69, 9.17) is 28.9 Å². The second kappa shape index (κ2) is 9.10. The summed E-state index contributed by atoms with van der Waals surface area (Å²) in [7, 11) is -4.75. The molecule has 0 spiro atoms. The van der Waals surface area contributed by atoms with E-state index in [-0.39, 0.29) is 15.7 Å². The number of para-hydroxylation sites is 1. The van der Waals surface area contributed by atoms with Crippen LogP contribution >= 0.6 is 23.2 Å². The first-order valence-corrected chi connectivity index (χ1v) is 12.0. The van der Waals surface area contributed by atoms with E-state index < -0.39 is 33.7 Å². The van der Waals surface area contributed by atoms with Gasteiger partial charge in [0.2, 0.25) is 10.0 Å². The number of anilines is 1. The van der Waals surface area contributed by atoms with Crippen molar-refractivity contribution in [2.24, 2.45) is 0 Å². The maximum absolute atomic E-state index is 14.0. The maximum atomic E-state index is 14.0. The van der Waals surface area contributed by atoms with Gasteiger partial charge in [0.25, 0.3) is 0 Å². The minimum absolute atomic E-state index is 0.0514. The molecule has 3 N–H and O–H groups in total. The molecule has 0 saturated heterocycles. The van der Waals surface area contributed by atoms with Crippen LogP contribution in [0.5, 0.6) is 0 Å². The Labute approximate surface area is 203 Å². The minimum Gasteiger partial charge on any atom is -0.398 e. The number of nitrogens with zero attached hydrogens (tertiary/aromatic N) is 2. The van der Waals surface area contributed by atoms with Gasteiger partial charge in [-0.25, -0.2) is 8.42 Å². The number of alkyl halides is 3. The Morgan fingerprint density at radius 3 is 2.50 bits per heavy atom. The number of benzene rings is 2. The Balaban J connectivity index is 1.75. The SMILES string of the molecule is Nc1cc(Cl)cc(Cl)c1S(=O)(=O)NC(Cn1cc(-c2cccnc2)c2ccccc21)C(F)(F)F. The number of halogens is 5. The monoisotopic (exact) mass is 528 g/mol. The highest BCUT2D eigenvalue weighted by molar-refractivity contribution is 7.89. The summed E-state index contributed by atoms with van der Waals surface area (Å²) < 4.78 is 70.9. The summed E-state index contributed by atoms with van der Waals surface area (Å²) in [6.45, 7) is -0.728. The standard InChI is InChI=1S/C22H17Cl2F3N4O2S/c23-14-8-17(24)21(18(28)9-14)34(32,33)30-20(22(25,26)27)12-31-11-16(13-4-3-7-29-10-13)15-5-1-2-6-19(15)31/h1-11,20,30H,12,28H2. The average molecular weight is 529 g/mol. The largest absolute Gasteiger partial charge is 0.406 e. The van der Waals surface area contributed by atoms with Gasteiger partial charge in [0, 0.05) is 52.2 Å². The predicted molar refractivity (Wildman–Crippen MR) is 126 cm³/mol. The minimum atomic E-state index is -4.92. The van der Waals surface area contributed by atoms with Crippen LogP contribution in [0.4, 0.5) is 18.9 Å².